The molecule has 7 heteroatoms. The quantitative estimate of drug-likeness (QED) is 0.863. The number of rotatable bonds is 2. The van der Waals surface area contributed by atoms with Crippen LogP contribution < -0.4 is 11.1 Å². The maximum Gasteiger partial charge on any atom is 0.280 e. The van der Waals surface area contributed by atoms with Crippen LogP contribution in [0.1, 0.15) is 46.1 Å². The van der Waals surface area contributed by atoms with Crippen molar-refractivity contribution in [2.75, 3.05) is 13.6 Å². The van der Waals surface area contributed by atoms with Crippen LogP contribution in [-0.4, -0.2) is 41.5 Å². The molecule has 2 aliphatic rings. The van der Waals surface area contributed by atoms with Gasteiger partial charge in [-0.2, -0.15) is 0 Å². The van der Waals surface area contributed by atoms with Crippen molar-refractivity contribution in [3.63, 3.8) is 0 Å². The molecule has 1 fully saturated rings. The number of carbonyl (C=O) groups is 1. The summed E-state index contributed by atoms with van der Waals surface area (Å²) in [5.41, 5.74) is 7.19. The molecule has 3 N–H and O–H groups in total. The molecule has 1 aliphatic heterocycles. The lowest BCUT2D eigenvalue weighted by Gasteiger charge is -2.28. The fraction of sp³-hybridized carbons (Fsp3) is 0.714. The van der Waals surface area contributed by atoms with Gasteiger partial charge < -0.3 is 16.0 Å². The van der Waals surface area contributed by atoms with Gasteiger partial charge in [0.25, 0.3) is 5.91 Å². The van der Waals surface area contributed by atoms with Gasteiger partial charge in [-0.25, -0.2) is 4.98 Å². The van der Waals surface area contributed by atoms with E-state index in [4.69, 9.17) is 5.73 Å². The molecule has 0 radical (unpaired) electrons. The highest BCUT2D eigenvalue weighted by Crippen LogP contribution is 2.25. The molecule has 0 spiro atoms. The summed E-state index contributed by atoms with van der Waals surface area (Å²) in [6, 6.07) is 0.202. The summed E-state index contributed by atoms with van der Waals surface area (Å²) in [6.45, 7) is 1.93. The third kappa shape index (κ3) is 3.74. The predicted octanol–water partition coefficient (Wildman–Crippen LogP) is 1.55. The number of aromatic nitrogens is 1. The monoisotopic (exact) mass is 330 g/mol. The van der Waals surface area contributed by atoms with E-state index in [0.717, 1.165) is 44.5 Å². The summed E-state index contributed by atoms with van der Waals surface area (Å²) < 4.78 is 0. The third-order valence-corrected chi connectivity index (χ3v) is 5.33. The molecule has 118 valence electrons. The highest BCUT2D eigenvalue weighted by Gasteiger charge is 2.26. The van der Waals surface area contributed by atoms with E-state index in [1.165, 1.54) is 22.6 Å². The first-order valence-corrected chi connectivity index (χ1v) is 8.18. The van der Waals surface area contributed by atoms with Crippen LogP contribution in [0.2, 0.25) is 0 Å². The van der Waals surface area contributed by atoms with Gasteiger partial charge in [0.2, 0.25) is 0 Å². The second kappa shape index (κ2) is 7.05. The summed E-state index contributed by atoms with van der Waals surface area (Å²) in [7, 11) is 2.10. The summed E-state index contributed by atoms with van der Waals surface area (Å²) >= 11 is 1.53. The molecule has 0 bridgehead atoms. The molecule has 3 rings (SSSR count). The zero-order chi connectivity index (χ0) is 14.1. The minimum atomic E-state index is -0.0468. The lowest BCUT2D eigenvalue weighted by molar-refractivity contribution is 0.0920. The summed E-state index contributed by atoms with van der Waals surface area (Å²) in [4.78, 5) is 20.3. The molecule has 0 saturated heterocycles. The number of hydrogen-bond donors (Lipinski definition) is 2. The third-order valence-electron chi connectivity index (χ3n) is 4.25. The van der Waals surface area contributed by atoms with Crippen molar-refractivity contribution in [3.8, 4) is 0 Å². The van der Waals surface area contributed by atoms with Crippen LogP contribution in [0, 0.1) is 0 Å². The van der Waals surface area contributed by atoms with Crippen molar-refractivity contribution in [1.82, 2.24) is 15.2 Å². The summed E-state index contributed by atoms with van der Waals surface area (Å²) in [5, 5.41) is 3.68. The van der Waals surface area contributed by atoms with E-state index in [1.807, 2.05) is 0 Å². The number of nitrogens with two attached hydrogens (primary N) is 1. The van der Waals surface area contributed by atoms with Crippen LogP contribution in [0.15, 0.2) is 0 Å². The van der Waals surface area contributed by atoms with Gasteiger partial charge in [-0.05, 0) is 19.9 Å². The van der Waals surface area contributed by atoms with E-state index in [-0.39, 0.29) is 30.4 Å². The molecule has 0 unspecified atom stereocenters. The average Bonchev–Trinajstić information content (AvgIpc) is 2.84. The minimum absolute atomic E-state index is 0. The molecule has 5 nitrogen and oxygen atoms in total. The Kier molecular flexibility index (Phi) is 5.60. The van der Waals surface area contributed by atoms with E-state index in [0.29, 0.717) is 5.01 Å². The summed E-state index contributed by atoms with van der Waals surface area (Å²) in [5.74, 6) is -0.0468. The lowest BCUT2D eigenvalue weighted by Crippen LogP contribution is -2.49. The predicted molar refractivity (Wildman–Crippen MR) is 87.1 cm³/mol. The Hall–Kier alpha value is -0.690. The molecule has 1 aliphatic carbocycles. The number of likely N-dealkylation sites (N-methyl/N-ethyl adjacent to an activating group) is 1. The molecule has 1 amide bonds. The Morgan fingerprint density at radius 1 is 1.43 bits per heavy atom. The summed E-state index contributed by atoms with van der Waals surface area (Å²) in [6.07, 6.45) is 5.26. The Labute approximate surface area is 135 Å². The minimum Gasteiger partial charge on any atom is -0.346 e. The Bertz CT molecular complexity index is 507. The maximum atomic E-state index is 12.3. The van der Waals surface area contributed by atoms with Crippen molar-refractivity contribution in [2.45, 2.75) is 50.7 Å². The fourth-order valence-corrected chi connectivity index (χ4v) is 4.08. The van der Waals surface area contributed by atoms with Gasteiger partial charge in [0.1, 0.15) is 0 Å². The van der Waals surface area contributed by atoms with Gasteiger partial charge in [-0.3, -0.25) is 4.79 Å². The van der Waals surface area contributed by atoms with Gasteiger partial charge in [0.05, 0.1) is 5.69 Å². The smallest absolute Gasteiger partial charge is 0.280 e. The van der Waals surface area contributed by atoms with Gasteiger partial charge >= 0.3 is 0 Å². The van der Waals surface area contributed by atoms with Crippen LogP contribution in [-0.2, 0) is 13.0 Å². The highest BCUT2D eigenvalue weighted by atomic mass is 35.5. The van der Waals surface area contributed by atoms with Crippen LogP contribution in [0.4, 0.5) is 0 Å². The van der Waals surface area contributed by atoms with Crippen molar-refractivity contribution < 1.29 is 4.79 Å². The highest BCUT2D eigenvalue weighted by molar-refractivity contribution is 7.13. The normalized spacial score (nSPS) is 25.8. The maximum absolute atomic E-state index is 12.3. The van der Waals surface area contributed by atoms with Gasteiger partial charge in [0.15, 0.2) is 5.01 Å². The zero-order valence-electron chi connectivity index (χ0n) is 12.3. The van der Waals surface area contributed by atoms with Gasteiger partial charge in [-0.1, -0.05) is 12.8 Å². The standard InChI is InChI=1S/C14H22N4OS.ClH/c1-18-7-6-11-12(8-18)20-14(17-11)13(19)16-10-5-3-2-4-9(10)15;/h9-10H,2-8,15H2,1H3,(H,16,19);1H/t9-,10-;/m1./s1. The number of halogens is 1. The molecular formula is C14H23ClN4OS. The largest absolute Gasteiger partial charge is 0.346 e. The zero-order valence-corrected chi connectivity index (χ0v) is 13.9. The van der Waals surface area contributed by atoms with E-state index < -0.39 is 0 Å². The first-order valence-electron chi connectivity index (χ1n) is 7.37. The van der Waals surface area contributed by atoms with Crippen LogP contribution in [0.5, 0.6) is 0 Å². The van der Waals surface area contributed by atoms with Gasteiger partial charge in [-0.15, -0.1) is 23.7 Å². The number of carbonyl (C=O) groups excluding carboxylic acids is 1. The van der Waals surface area contributed by atoms with Crippen molar-refractivity contribution in [1.29, 1.82) is 0 Å². The van der Waals surface area contributed by atoms with Crippen molar-refractivity contribution in [3.05, 3.63) is 15.6 Å². The molecule has 0 aromatic carbocycles. The van der Waals surface area contributed by atoms with Gasteiger partial charge in [0, 0.05) is 36.5 Å². The Morgan fingerprint density at radius 2 is 2.19 bits per heavy atom. The Balaban J connectivity index is 0.00000161. The number of hydrogen-bond acceptors (Lipinski definition) is 5. The SMILES string of the molecule is CN1CCc2nc(C(=O)N[C@@H]3CCCC[C@H]3N)sc2C1.Cl. The van der Waals surface area contributed by atoms with Crippen molar-refractivity contribution >= 4 is 29.7 Å². The van der Waals surface area contributed by atoms with Crippen LogP contribution in [0.3, 0.4) is 0 Å². The first kappa shape index (κ1) is 16.7. The van der Waals surface area contributed by atoms with Crippen LogP contribution in [0.25, 0.3) is 0 Å². The van der Waals surface area contributed by atoms with E-state index in [9.17, 15) is 4.79 Å². The number of fused-ring (bicyclic) bond motifs is 1. The Morgan fingerprint density at radius 3 is 2.95 bits per heavy atom. The van der Waals surface area contributed by atoms with E-state index >= 15 is 0 Å². The molecule has 2 atom stereocenters. The molecule has 2 heterocycles. The number of amides is 1. The number of nitrogens with one attached hydrogen (secondary N) is 1. The van der Waals surface area contributed by atoms with E-state index in [1.54, 1.807) is 0 Å². The molecule has 1 aromatic heterocycles. The molecule has 21 heavy (non-hydrogen) atoms. The molecule has 1 saturated carbocycles. The fourth-order valence-electron chi connectivity index (χ4n) is 2.99. The molecular weight excluding hydrogens is 308 g/mol. The molecule has 1 aromatic rings. The number of thiazole rings is 1. The van der Waals surface area contributed by atoms with Crippen molar-refractivity contribution in [2.24, 2.45) is 5.73 Å². The first-order chi connectivity index (χ1) is 9.63. The second-order valence-electron chi connectivity index (χ2n) is 5.90. The van der Waals surface area contributed by atoms with Crippen LogP contribution >= 0.6 is 23.7 Å². The average molecular weight is 331 g/mol. The lowest BCUT2D eigenvalue weighted by atomic mass is 9.91. The topological polar surface area (TPSA) is 71.2 Å². The number of nitrogens with zero attached hydrogens (tertiary/aromatic N) is 2. The second-order valence-corrected chi connectivity index (χ2v) is 6.99. The van der Waals surface area contributed by atoms with E-state index in [2.05, 4.69) is 22.2 Å².